The van der Waals surface area contributed by atoms with Crippen molar-refractivity contribution >= 4 is 28.3 Å². The van der Waals surface area contributed by atoms with Crippen molar-refractivity contribution in [3.8, 4) is 11.5 Å². The topological polar surface area (TPSA) is 35.5 Å². The lowest BCUT2D eigenvalue weighted by atomic mass is 9.90. The number of allylic oxidation sites excluding steroid dienone is 2. The molecule has 0 atom stereocenters. The quantitative estimate of drug-likeness (QED) is 0.776. The summed E-state index contributed by atoms with van der Waals surface area (Å²) >= 11 is 3.53. The van der Waals surface area contributed by atoms with Crippen LogP contribution in [-0.4, -0.2) is 13.4 Å². The fourth-order valence-electron chi connectivity index (χ4n) is 2.52. The summed E-state index contributed by atoms with van der Waals surface area (Å²) in [6, 6.07) is 3.79. The van der Waals surface area contributed by atoms with E-state index in [2.05, 4.69) is 22.0 Å². The van der Waals surface area contributed by atoms with E-state index in [-0.39, 0.29) is 0 Å². The average molecular weight is 321 g/mol. The van der Waals surface area contributed by atoms with Crippen molar-refractivity contribution in [3.63, 3.8) is 0 Å². The predicted molar refractivity (Wildman–Crippen MR) is 76.2 cm³/mol. The second kappa shape index (κ2) is 4.85. The third-order valence-corrected chi connectivity index (χ3v) is 4.16. The predicted octanol–water partition coefficient (Wildman–Crippen LogP) is 3.87. The molecule has 0 amide bonds. The van der Waals surface area contributed by atoms with E-state index in [4.69, 9.17) is 9.47 Å². The number of hydrogen-bond acceptors (Lipinski definition) is 3. The standard InChI is InChI=1S/C15H13BrO3/c1-18-13-6-5-12(16)11-7-9-3-2-4-10(8-17)14(9)19-15(11)13/h5-8H,2-4H2,1H3. The van der Waals surface area contributed by atoms with Gasteiger partial charge >= 0.3 is 0 Å². The zero-order valence-electron chi connectivity index (χ0n) is 10.5. The van der Waals surface area contributed by atoms with E-state index >= 15 is 0 Å². The SMILES string of the molecule is COc1ccc(Br)c2c1OC1=C(C=O)CCCC1=C2. The Balaban J connectivity index is 2.21. The van der Waals surface area contributed by atoms with Gasteiger partial charge in [0, 0.05) is 15.6 Å². The van der Waals surface area contributed by atoms with E-state index < -0.39 is 0 Å². The third kappa shape index (κ3) is 2.00. The Morgan fingerprint density at radius 1 is 1.37 bits per heavy atom. The molecule has 0 saturated carbocycles. The summed E-state index contributed by atoms with van der Waals surface area (Å²) < 4.78 is 12.3. The van der Waals surface area contributed by atoms with Gasteiger partial charge in [-0.15, -0.1) is 0 Å². The second-order valence-corrected chi connectivity index (χ2v) is 5.44. The summed E-state index contributed by atoms with van der Waals surface area (Å²) in [7, 11) is 1.61. The van der Waals surface area contributed by atoms with Gasteiger partial charge in [-0.25, -0.2) is 0 Å². The van der Waals surface area contributed by atoms with Crippen LogP contribution in [-0.2, 0) is 4.79 Å². The summed E-state index contributed by atoms with van der Waals surface area (Å²) in [6.45, 7) is 0. The van der Waals surface area contributed by atoms with Crippen LogP contribution in [0.2, 0.25) is 0 Å². The van der Waals surface area contributed by atoms with Crippen LogP contribution in [0.3, 0.4) is 0 Å². The molecule has 1 aliphatic carbocycles. The maximum absolute atomic E-state index is 11.1. The first-order valence-corrected chi connectivity index (χ1v) is 6.97. The van der Waals surface area contributed by atoms with Crippen molar-refractivity contribution in [2.24, 2.45) is 0 Å². The van der Waals surface area contributed by atoms with Crippen LogP contribution in [0, 0.1) is 0 Å². The molecule has 1 aromatic carbocycles. The molecule has 3 rings (SSSR count). The smallest absolute Gasteiger partial charge is 0.177 e. The maximum Gasteiger partial charge on any atom is 0.177 e. The van der Waals surface area contributed by atoms with Crippen molar-refractivity contribution in [2.75, 3.05) is 7.11 Å². The molecule has 98 valence electrons. The fraction of sp³-hybridized carbons (Fsp3) is 0.267. The summed E-state index contributed by atoms with van der Waals surface area (Å²) in [5, 5.41) is 0. The summed E-state index contributed by atoms with van der Waals surface area (Å²) in [5.41, 5.74) is 2.81. The van der Waals surface area contributed by atoms with E-state index in [0.29, 0.717) is 17.3 Å². The summed E-state index contributed by atoms with van der Waals surface area (Å²) in [6.07, 6.45) is 5.70. The largest absolute Gasteiger partial charge is 0.493 e. The van der Waals surface area contributed by atoms with Crippen LogP contribution >= 0.6 is 15.9 Å². The first-order valence-electron chi connectivity index (χ1n) is 6.18. The number of methoxy groups -OCH3 is 1. The number of hydrogen-bond donors (Lipinski definition) is 0. The van der Waals surface area contributed by atoms with Gasteiger partial charge in [0.15, 0.2) is 11.5 Å². The molecular formula is C15H13BrO3. The van der Waals surface area contributed by atoms with Crippen LogP contribution in [0.4, 0.5) is 0 Å². The van der Waals surface area contributed by atoms with Gasteiger partial charge in [-0.1, -0.05) is 15.9 Å². The van der Waals surface area contributed by atoms with Crippen molar-refractivity contribution in [3.05, 3.63) is 39.1 Å². The minimum absolute atomic E-state index is 0.678. The third-order valence-electron chi connectivity index (χ3n) is 3.47. The molecule has 3 nitrogen and oxygen atoms in total. The highest BCUT2D eigenvalue weighted by Crippen LogP contribution is 2.45. The van der Waals surface area contributed by atoms with Crippen molar-refractivity contribution in [2.45, 2.75) is 19.3 Å². The lowest BCUT2D eigenvalue weighted by molar-refractivity contribution is -0.105. The average Bonchev–Trinajstić information content (AvgIpc) is 2.45. The molecule has 0 radical (unpaired) electrons. The molecule has 1 aliphatic heterocycles. The number of halogens is 1. The molecule has 1 heterocycles. The molecule has 0 aromatic heterocycles. The Bertz CT molecular complexity index is 614. The van der Waals surface area contributed by atoms with E-state index in [9.17, 15) is 4.79 Å². The van der Waals surface area contributed by atoms with E-state index in [1.807, 2.05) is 12.1 Å². The molecule has 2 aliphatic rings. The zero-order valence-corrected chi connectivity index (χ0v) is 12.1. The lowest BCUT2D eigenvalue weighted by Gasteiger charge is -2.27. The van der Waals surface area contributed by atoms with Gasteiger partial charge in [0.1, 0.15) is 12.0 Å². The Morgan fingerprint density at radius 3 is 2.95 bits per heavy atom. The molecule has 0 saturated heterocycles. The van der Waals surface area contributed by atoms with Gasteiger partial charge in [0.25, 0.3) is 0 Å². The zero-order chi connectivity index (χ0) is 13.4. The van der Waals surface area contributed by atoms with Crippen LogP contribution < -0.4 is 9.47 Å². The van der Waals surface area contributed by atoms with E-state index in [1.165, 1.54) is 0 Å². The van der Waals surface area contributed by atoms with Crippen LogP contribution in [0.1, 0.15) is 24.8 Å². The normalized spacial score (nSPS) is 17.1. The van der Waals surface area contributed by atoms with Crippen molar-refractivity contribution in [1.29, 1.82) is 0 Å². The Hall–Kier alpha value is -1.55. The number of benzene rings is 1. The van der Waals surface area contributed by atoms with Gasteiger partial charge < -0.3 is 9.47 Å². The van der Waals surface area contributed by atoms with E-state index in [1.54, 1.807) is 7.11 Å². The van der Waals surface area contributed by atoms with Crippen molar-refractivity contribution in [1.82, 2.24) is 0 Å². The first kappa shape index (κ1) is 12.5. The molecule has 0 N–H and O–H groups in total. The van der Waals surface area contributed by atoms with Gasteiger partial charge in [-0.05, 0) is 43.0 Å². The number of ether oxygens (including phenoxy) is 2. The fourth-order valence-corrected chi connectivity index (χ4v) is 2.94. The minimum Gasteiger partial charge on any atom is -0.493 e. The van der Waals surface area contributed by atoms with E-state index in [0.717, 1.165) is 46.7 Å². The molecule has 1 aromatic rings. The summed E-state index contributed by atoms with van der Waals surface area (Å²) in [4.78, 5) is 11.1. The van der Waals surface area contributed by atoms with Crippen LogP contribution in [0.15, 0.2) is 33.5 Å². The van der Waals surface area contributed by atoms with Gasteiger partial charge in [-0.2, -0.15) is 0 Å². The summed E-state index contributed by atoms with van der Waals surface area (Å²) in [5.74, 6) is 2.07. The number of rotatable bonds is 2. The monoisotopic (exact) mass is 320 g/mol. The lowest BCUT2D eigenvalue weighted by Crippen LogP contribution is -2.14. The van der Waals surface area contributed by atoms with Crippen LogP contribution in [0.25, 0.3) is 6.08 Å². The Kier molecular flexibility index (Phi) is 3.19. The highest BCUT2D eigenvalue weighted by atomic mass is 79.9. The number of carbonyl (C=O) groups excluding carboxylic acids is 1. The number of fused-ring (bicyclic) bond motifs is 2. The van der Waals surface area contributed by atoms with Gasteiger partial charge in [-0.3, -0.25) is 4.79 Å². The maximum atomic E-state index is 11.1. The molecular weight excluding hydrogens is 308 g/mol. The van der Waals surface area contributed by atoms with Crippen LogP contribution in [0.5, 0.6) is 11.5 Å². The van der Waals surface area contributed by atoms with Gasteiger partial charge in [0.2, 0.25) is 0 Å². The highest BCUT2D eigenvalue weighted by molar-refractivity contribution is 9.10. The van der Waals surface area contributed by atoms with Gasteiger partial charge in [0.05, 0.1) is 7.11 Å². The molecule has 4 heteroatoms. The number of aldehydes is 1. The minimum atomic E-state index is 0.678. The Morgan fingerprint density at radius 2 is 2.21 bits per heavy atom. The van der Waals surface area contributed by atoms with Crippen molar-refractivity contribution < 1.29 is 14.3 Å². The number of carbonyl (C=O) groups is 1. The Labute approximate surface area is 120 Å². The molecule has 0 fully saturated rings. The molecule has 0 unspecified atom stereocenters. The molecule has 0 spiro atoms. The second-order valence-electron chi connectivity index (χ2n) is 4.59. The molecule has 0 bridgehead atoms. The molecule has 19 heavy (non-hydrogen) atoms. The highest BCUT2D eigenvalue weighted by Gasteiger charge is 2.27. The first-order chi connectivity index (χ1) is 9.24.